The van der Waals surface area contributed by atoms with Crippen LogP contribution in [0.3, 0.4) is 0 Å². The highest BCUT2D eigenvalue weighted by Crippen LogP contribution is 2.21. The third kappa shape index (κ3) is 4.04. The molecule has 1 aliphatic heterocycles. The van der Waals surface area contributed by atoms with Gasteiger partial charge in [-0.15, -0.1) is 11.3 Å². The second-order valence-corrected chi connectivity index (χ2v) is 6.74. The van der Waals surface area contributed by atoms with Gasteiger partial charge in [0, 0.05) is 29.9 Å². The standard InChI is InChI=1S/C15H23N3O2S/c1-10(2)14(19)17-11-5-7-18(8-6-11)15(20)13(16)12-4-3-9-21-12/h3-4,9-11,13H,5-8,16H2,1-2H3,(H,17,19). The molecular weight excluding hydrogens is 286 g/mol. The fraction of sp³-hybridized carbons (Fsp3) is 0.600. The van der Waals surface area contributed by atoms with E-state index in [9.17, 15) is 9.59 Å². The van der Waals surface area contributed by atoms with Gasteiger partial charge in [-0.05, 0) is 24.3 Å². The Morgan fingerprint density at radius 2 is 2.05 bits per heavy atom. The van der Waals surface area contributed by atoms with Crippen molar-refractivity contribution in [3.05, 3.63) is 22.4 Å². The van der Waals surface area contributed by atoms with Crippen molar-refractivity contribution < 1.29 is 9.59 Å². The number of hydrogen-bond donors (Lipinski definition) is 2. The fourth-order valence-corrected chi connectivity index (χ4v) is 3.12. The fourth-order valence-electron chi connectivity index (χ4n) is 2.40. The van der Waals surface area contributed by atoms with Crippen molar-refractivity contribution in [3.63, 3.8) is 0 Å². The molecule has 1 unspecified atom stereocenters. The second kappa shape index (κ2) is 7.04. The summed E-state index contributed by atoms with van der Waals surface area (Å²) >= 11 is 1.51. The molecule has 1 fully saturated rings. The molecule has 0 aliphatic carbocycles. The smallest absolute Gasteiger partial charge is 0.244 e. The van der Waals surface area contributed by atoms with Gasteiger partial charge in [0.1, 0.15) is 6.04 Å². The van der Waals surface area contributed by atoms with E-state index in [2.05, 4.69) is 5.32 Å². The molecule has 6 heteroatoms. The van der Waals surface area contributed by atoms with Crippen LogP contribution in [0.15, 0.2) is 17.5 Å². The normalized spacial score (nSPS) is 17.8. The topological polar surface area (TPSA) is 75.4 Å². The van der Waals surface area contributed by atoms with Crippen LogP contribution in [0.4, 0.5) is 0 Å². The number of thiophene rings is 1. The molecule has 0 saturated carbocycles. The zero-order valence-corrected chi connectivity index (χ0v) is 13.4. The van der Waals surface area contributed by atoms with Crippen LogP contribution < -0.4 is 11.1 Å². The van der Waals surface area contributed by atoms with Crippen LogP contribution >= 0.6 is 11.3 Å². The van der Waals surface area contributed by atoms with Gasteiger partial charge in [-0.3, -0.25) is 9.59 Å². The van der Waals surface area contributed by atoms with Crippen molar-refractivity contribution in [3.8, 4) is 0 Å². The van der Waals surface area contributed by atoms with E-state index < -0.39 is 6.04 Å². The molecule has 1 aliphatic rings. The summed E-state index contributed by atoms with van der Waals surface area (Å²) in [5.74, 6) is 0.0538. The van der Waals surface area contributed by atoms with Gasteiger partial charge in [0.15, 0.2) is 0 Å². The minimum atomic E-state index is -0.563. The summed E-state index contributed by atoms with van der Waals surface area (Å²) in [7, 11) is 0. The van der Waals surface area contributed by atoms with E-state index >= 15 is 0 Å². The van der Waals surface area contributed by atoms with Crippen LogP contribution in [0, 0.1) is 5.92 Å². The van der Waals surface area contributed by atoms with E-state index in [1.165, 1.54) is 11.3 Å². The van der Waals surface area contributed by atoms with Gasteiger partial charge in [-0.25, -0.2) is 0 Å². The number of nitrogens with one attached hydrogen (secondary N) is 1. The third-order valence-corrected chi connectivity index (χ3v) is 4.75. The minimum Gasteiger partial charge on any atom is -0.353 e. The molecule has 2 heterocycles. The molecule has 1 saturated heterocycles. The van der Waals surface area contributed by atoms with Gasteiger partial charge in [-0.2, -0.15) is 0 Å². The molecular formula is C15H23N3O2S. The number of carbonyl (C=O) groups is 2. The summed E-state index contributed by atoms with van der Waals surface area (Å²) in [5, 5.41) is 4.96. The Morgan fingerprint density at radius 1 is 1.38 bits per heavy atom. The van der Waals surface area contributed by atoms with Crippen LogP contribution in [0.5, 0.6) is 0 Å². The molecule has 2 amide bonds. The maximum absolute atomic E-state index is 12.4. The first-order valence-corrected chi connectivity index (χ1v) is 8.25. The average molecular weight is 309 g/mol. The lowest BCUT2D eigenvalue weighted by Crippen LogP contribution is -2.49. The Balaban J connectivity index is 1.83. The van der Waals surface area contributed by atoms with Crippen molar-refractivity contribution >= 4 is 23.2 Å². The van der Waals surface area contributed by atoms with Crippen LogP contribution in [-0.4, -0.2) is 35.8 Å². The van der Waals surface area contributed by atoms with Gasteiger partial charge >= 0.3 is 0 Å². The average Bonchev–Trinajstić information content (AvgIpc) is 3.00. The molecule has 1 atom stereocenters. The number of likely N-dealkylation sites (tertiary alicyclic amines) is 1. The van der Waals surface area contributed by atoms with Crippen molar-refractivity contribution in [2.24, 2.45) is 11.7 Å². The highest BCUT2D eigenvalue weighted by atomic mass is 32.1. The third-order valence-electron chi connectivity index (χ3n) is 3.79. The first kappa shape index (κ1) is 16.0. The van der Waals surface area contributed by atoms with E-state index in [1.54, 1.807) is 0 Å². The van der Waals surface area contributed by atoms with Gasteiger partial charge < -0.3 is 16.0 Å². The maximum atomic E-state index is 12.4. The molecule has 1 aromatic heterocycles. The number of rotatable bonds is 4. The lowest BCUT2D eigenvalue weighted by Gasteiger charge is -2.34. The van der Waals surface area contributed by atoms with Crippen molar-refractivity contribution in [2.75, 3.05) is 13.1 Å². The molecule has 0 radical (unpaired) electrons. The minimum absolute atomic E-state index is 0.00286. The van der Waals surface area contributed by atoms with E-state index in [0.717, 1.165) is 17.7 Å². The molecule has 21 heavy (non-hydrogen) atoms. The van der Waals surface area contributed by atoms with E-state index in [-0.39, 0.29) is 23.8 Å². The summed E-state index contributed by atoms with van der Waals surface area (Å²) in [6.07, 6.45) is 1.59. The van der Waals surface area contributed by atoms with Crippen LogP contribution in [-0.2, 0) is 9.59 Å². The molecule has 0 aromatic carbocycles. The quantitative estimate of drug-likeness (QED) is 0.885. The van der Waals surface area contributed by atoms with Crippen molar-refractivity contribution in [1.29, 1.82) is 0 Å². The van der Waals surface area contributed by atoms with Gasteiger partial charge in [0.2, 0.25) is 11.8 Å². The van der Waals surface area contributed by atoms with Crippen molar-refractivity contribution in [1.82, 2.24) is 10.2 Å². The molecule has 0 spiro atoms. The zero-order chi connectivity index (χ0) is 15.4. The number of carbonyl (C=O) groups excluding carboxylic acids is 2. The number of piperidine rings is 1. The Morgan fingerprint density at radius 3 is 2.57 bits per heavy atom. The van der Waals surface area contributed by atoms with Crippen LogP contribution in [0.25, 0.3) is 0 Å². The summed E-state index contributed by atoms with van der Waals surface area (Å²) in [5.41, 5.74) is 6.02. The summed E-state index contributed by atoms with van der Waals surface area (Å²) in [4.78, 5) is 26.7. The monoisotopic (exact) mass is 309 g/mol. The lowest BCUT2D eigenvalue weighted by atomic mass is 10.0. The van der Waals surface area contributed by atoms with Crippen molar-refractivity contribution in [2.45, 2.75) is 38.8 Å². The molecule has 116 valence electrons. The summed E-state index contributed by atoms with van der Waals surface area (Å²) < 4.78 is 0. The first-order valence-electron chi connectivity index (χ1n) is 7.37. The SMILES string of the molecule is CC(C)C(=O)NC1CCN(C(=O)C(N)c2cccs2)CC1. The predicted octanol–water partition coefficient (Wildman–Crippen LogP) is 1.51. The van der Waals surface area contributed by atoms with Gasteiger partial charge in [-0.1, -0.05) is 19.9 Å². The lowest BCUT2D eigenvalue weighted by molar-refractivity contribution is -0.134. The molecule has 1 aromatic rings. The Bertz CT molecular complexity index is 479. The van der Waals surface area contributed by atoms with E-state index in [0.29, 0.717) is 13.1 Å². The first-order chi connectivity index (χ1) is 9.99. The van der Waals surface area contributed by atoms with Gasteiger partial charge in [0.05, 0.1) is 0 Å². The number of amides is 2. The largest absolute Gasteiger partial charge is 0.353 e. The second-order valence-electron chi connectivity index (χ2n) is 5.76. The molecule has 3 N–H and O–H groups in total. The number of hydrogen-bond acceptors (Lipinski definition) is 4. The number of nitrogens with zero attached hydrogens (tertiary/aromatic N) is 1. The van der Waals surface area contributed by atoms with Crippen LogP contribution in [0.2, 0.25) is 0 Å². The zero-order valence-electron chi connectivity index (χ0n) is 12.5. The maximum Gasteiger partial charge on any atom is 0.244 e. The molecule has 0 bridgehead atoms. The summed E-state index contributed by atoms with van der Waals surface area (Å²) in [6, 6.07) is 3.40. The van der Waals surface area contributed by atoms with Gasteiger partial charge in [0.25, 0.3) is 0 Å². The molecule has 2 rings (SSSR count). The highest BCUT2D eigenvalue weighted by molar-refractivity contribution is 7.10. The highest BCUT2D eigenvalue weighted by Gasteiger charge is 2.28. The van der Waals surface area contributed by atoms with E-state index in [4.69, 9.17) is 5.73 Å². The molecule has 5 nitrogen and oxygen atoms in total. The van der Waals surface area contributed by atoms with Crippen LogP contribution in [0.1, 0.15) is 37.6 Å². The number of nitrogens with two attached hydrogens (primary N) is 1. The Kier molecular flexibility index (Phi) is 5.36. The predicted molar refractivity (Wildman–Crippen MR) is 83.8 cm³/mol. The summed E-state index contributed by atoms with van der Waals surface area (Å²) in [6.45, 7) is 5.07. The Hall–Kier alpha value is -1.40. The Labute approximate surface area is 129 Å². The van der Waals surface area contributed by atoms with E-state index in [1.807, 2.05) is 36.3 Å².